The Morgan fingerprint density at radius 1 is 1.37 bits per heavy atom. The van der Waals surface area contributed by atoms with E-state index in [1.165, 1.54) is 38.5 Å². The second kappa shape index (κ2) is 7.19. The van der Waals surface area contributed by atoms with Gasteiger partial charge in [-0.05, 0) is 38.6 Å². The Hall–Kier alpha value is 0.0700. The highest BCUT2D eigenvalue weighted by Gasteiger charge is 2.38. The van der Waals surface area contributed by atoms with Gasteiger partial charge in [0.1, 0.15) is 0 Å². The van der Waals surface area contributed by atoms with Gasteiger partial charge in [-0.25, -0.2) is 0 Å². The topological polar surface area (TPSA) is 38.3 Å². The minimum atomic E-state index is -0.692. The smallest absolute Gasteiger partial charge is 0.0697 e. The van der Waals surface area contributed by atoms with Crippen LogP contribution in [0.3, 0.4) is 0 Å². The molecular formula is C15H29NO2S. The fourth-order valence-corrected chi connectivity index (χ4v) is 3.85. The number of hydrogen-bond donors (Lipinski definition) is 1. The Morgan fingerprint density at radius 2 is 2.11 bits per heavy atom. The summed E-state index contributed by atoms with van der Waals surface area (Å²) in [6, 6.07) is 0.601. The quantitative estimate of drug-likeness (QED) is 0.845. The Labute approximate surface area is 120 Å². The van der Waals surface area contributed by atoms with E-state index in [2.05, 4.69) is 12.2 Å². The van der Waals surface area contributed by atoms with Crippen LogP contribution in [0.15, 0.2) is 0 Å². The van der Waals surface area contributed by atoms with Gasteiger partial charge in [-0.15, -0.1) is 0 Å². The molecule has 0 bridgehead atoms. The summed E-state index contributed by atoms with van der Waals surface area (Å²) in [5.74, 6) is 0. The lowest BCUT2D eigenvalue weighted by molar-refractivity contribution is -0.109. The lowest BCUT2D eigenvalue weighted by atomic mass is 9.78. The van der Waals surface area contributed by atoms with E-state index in [0.717, 1.165) is 26.0 Å². The van der Waals surface area contributed by atoms with E-state index in [9.17, 15) is 4.21 Å². The average Bonchev–Trinajstić information content (AvgIpc) is 2.39. The standard InChI is InChI=1S/C15H29NO2S/c1-13(19(2)17)6-10-16-14-7-11-18-15(12-14)8-4-3-5-9-15/h13-14,16H,3-12H2,1-2H3. The van der Waals surface area contributed by atoms with Crippen LogP contribution in [0.2, 0.25) is 0 Å². The van der Waals surface area contributed by atoms with Crippen molar-refractivity contribution in [1.29, 1.82) is 0 Å². The van der Waals surface area contributed by atoms with Crippen LogP contribution in [0, 0.1) is 0 Å². The van der Waals surface area contributed by atoms with E-state index < -0.39 is 10.8 Å². The van der Waals surface area contributed by atoms with Gasteiger partial charge in [0.15, 0.2) is 0 Å². The molecule has 1 aliphatic carbocycles. The number of ether oxygens (including phenoxy) is 1. The maximum Gasteiger partial charge on any atom is 0.0697 e. The monoisotopic (exact) mass is 287 g/mol. The Kier molecular flexibility index (Phi) is 5.85. The molecule has 2 fully saturated rings. The fraction of sp³-hybridized carbons (Fsp3) is 1.00. The van der Waals surface area contributed by atoms with Gasteiger partial charge in [0.05, 0.1) is 5.60 Å². The lowest BCUT2D eigenvalue weighted by Gasteiger charge is -2.43. The maximum absolute atomic E-state index is 11.3. The molecule has 0 radical (unpaired) electrons. The minimum absolute atomic E-state index is 0.188. The van der Waals surface area contributed by atoms with E-state index >= 15 is 0 Å². The summed E-state index contributed by atoms with van der Waals surface area (Å²) in [6.45, 7) is 3.97. The van der Waals surface area contributed by atoms with E-state index in [0.29, 0.717) is 11.3 Å². The van der Waals surface area contributed by atoms with Crippen molar-refractivity contribution in [2.45, 2.75) is 75.2 Å². The second-order valence-corrected chi connectivity index (χ2v) is 8.14. The van der Waals surface area contributed by atoms with Crippen molar-refractivity contribution in [3.63, 3.8) is 0 Å². The summed E-state index contributed by atoms with van der Waals surface area (Å²) in [4.78, 5) is 0. The van der Waals surface area contributed by atoms with Crippen LogP contribution in [-0.2, 0) is 15.5 Å². The molecule has 3 nitrogen and oxygen atoms in total. The van der Waals surface area contributed by atoms with Gasteiger partial charge in [-0.2, -0.15) is 0 Å². The highest BCUT2D eigenvalue weighted by Crippen LogP contribution is 2.38. The molecule has 0 amide bonds. The molecule has 1 spiro atoms. The SMILES string of the molecule is CC(CCNC1CCOC2(CCCCC2)C1)S(C)=O. The van der Waals surface area contributed by atoms with Crippen LogP contribution in [-0.4, -0.2) is 40.5 Å². The molecule has 2 aliphatic rings. The van der Waals surface area contributed by atoms with Crippen molar-refractivity contribution < 1.29 is 8.95 Å². The molecule has 2 rings (SSSR count). The fourth-order valence-electron chi connectivity index (χ4n) is 3.40. The van der Waals surface area contributed by atoms with Crippen molar-refractivity contribution in [3.05, 3.63) is 0 Å². The van der Waals surface area contributed by atoms with Crippen molar-refractivity contribution in [2.24, 2.45) is 0 Å². The molecule has 19 heavy (non-hydrogen) atoms. The normalized spacial score (nSPS) is 30.1. The first-order valence-electron chi connectivity index (χ1n) is 7.81. The van der Waals surface area contributed by atoms with Crippen LogP contribution in [0.5, 0.6) is 0 Å². The van der Waals surface area contributed by atoms with Gasteiger partial charge in [0, 0.05) is 35.0 Å². The number of rotatable bonds is 5. The second-order valence-electron chi connectivity index (χ2n) is 6.33. The average molecular weight is 287 g/mol. The molecule has 0 aromatic rings. The molecule has 4 heteroatoms. The first-order chi connectivity index (χ1) is 9.11. The highest BCUT2D eigenvalue weighted by atomic mass is 32.2. The summed E-state index contributed by atoms with van der Waals surface area (Å²) in [7, 11) is -0.692. The molecule has 1 saturated heterocycles. The van der Waals surface area contributed by atoms with Crippen LogP contribution >= 0.6 is 0 Å². The molecule has 1 N–H and O–H groups in total. The Bertz CT molecular complexity index is 297. The van der Waals surface area contributed by atoms with Crippen molar-refractivity contribution >= 4 is 10.8 Å². The van der Waals surface area contributed by atoms with Gasteiger partial charge in [-0.3, -0.25) is 4.21 Å². The van der Waals surface area contributed by atoms with Gasteiger partial charge >= 0.3 is 0 Å². The Morgan fingerprint density at radius 3 is 2.79 bits per heavy atom. The predicted octanol–water partition coefficient (Wildman–Crippen LogP) is 2.62. The maximum atomic E-state index is 11.3. The van der Waals surface area contributed by atoms with Crippen molar-refractivity contribution in [2.75, 3.05) is 19.4 Å². The van der Waals surface area contributed by atoms with Crippen molar-refractivity contribution in [3.8, 4) is 0 Å². The zero-order chi connectivity index (χ0) is 13.7. The van der Waals surface area contributed by atoms with E-state index in [-0.39, 0.29) is 5.60 Å². The Balaban J connectivity index is 1.73. The largest absolute Gasteiger partial charge is 0.375 e. The van der Waals surface area contributed by atoms with Crippen LogP contribution in [0.4, 0.5) is 0 Å². The molecule has 1 heterocycles. The van der Waals surface area contributed by atoms with E-state index in [1.807, 2.05) is 0 Å². The van der Waals surface area contributed by atoms with Crippen LogP contribution in [0.25, 0.3) is 0 Å². The van der Waals surface area contributed by atoms with Gasteiger partial charge in [0.2, 0.25) is 0 Å². The summed E-state index contributed by atoms with van der Waals surface area (Å²) in [6.07, 6.45) is 11.7. The van der Waals surface area contributed by atoms with Gasteiger partial charge < -0.3 is 10.1 Å². The molecular weight excluding hydrogens is 258 g/mol. The van der Waals surface area contributed by atoms with Gasteiger partial charge in [-0.1, -0.05) is 26.2 Å². The highest BCUT2D eigenvalue weighted by molar-refractivity contribution is 7.84. The third-order valence-corrected chi connectivity index (χ3v) is 6.18. The summed E-state index contributed by atoms with van der Waals surface area (Å²) in [5.41, 5.74) is 0.188. The zero-order valence-electron chi connectivity index (χ0n) is 12.5. The third kappa shape index (κ3) is 4.54. The van der Waals surface area contributed by atoms with E-state index in [1.54, 1.807) is 6.26 Å². The third-order valence-electron chi connectivity index (χ3n) is 4.81. The first-order valence-corrected chi connectivity index (χ1v) is 9.43. The molecule has 1 saturated carbocycles. The molecule has 3 atom stereocenters. The summed E-state index contributed by atoms with van der Waals surface area (Å²) in [5, 5.41) is 3.97. The summed E-state index contributed by atoms with van der Waals surface area (Å²) >= 11 is 0. The van der Waals surface area contributed by atoms with E-state index in [4.69, 9.17) is 4.74 Å². The minimum Gasteiger partial charge on any atom is -0.375 e. The number of nitrogens with one attached hydrogen (secondary N) is 1. The molecule has 3 unspecified atom stereocenters. The van der Waals surface area contributed by atoms with Crippen molar-refractivity contribution in [1.82, 2.24) is 5.32 Å². The van der Waals surface area contributed by atoms with Crippen LogP contribution in [0.1, 0.15) is 58.3 Å². The lowest BCUT2D eigenvalue weighted by Crippen LogP contribution is -2.48. The molecule has 112 valence electrons. The predicted molar refractivity (Wildman–Crippen MR) is 80.9 cm³/mol. The summed E-state index contributed by atoms with van der Waals surface area (Å²) < 4.78 is 17.4. The first kappa shape index (κ1) is 15.5. The molecule has 1 aliphatic heterocycles. The zero-order valence-corrected chi connectivity index (χ0v) is 13.3. The number of hydrogen-bond acceptors (Lipinski definition) is 3. The van der Waals surface area contributed by atoms with Crippen LogP contribution < -0.4 is 5.32 Å². The molecule has 0 aromatic heterocycles. The molecule has 0 aromatic carbocycles. The van der Waals surface area contributed by atoms with Gasteiger partial charge in [0.25, 0.3) is 0 Å².